The van der Waals surface area contributed by atoms with Gasteiger partial charge in [0.1, 0.15) is 0 Å². The van der Waals surface area contributed by atoms with E-state index >= 15 is 0 Å². The van der Waals surface area contributed by atoms with E-state index in [0.29, 0.717) is 25.4 Å². The van der Waals surface area contributed by atoms with Crippen molar-refractivity contribution in [3.8, 4) is 0 Å². The van der Waals surface area contributed by atoms with Gasteiger partial charge in [-0.25, -0.2) is 0 Å². The summed E-state index contributed by atoms with van der Waals surface area (Å²) in [5.74, 6) is 0. The predicted molar refractivity (Wildman–Crippen MR) is 35.4 cm³/mol. The molecular formula is C6H12IN2-. The zero-order valence-electron chi connectivity index (χ0n) is 5.60. The fourth-order valence-corrected chi connectivity index (χ4v) is 2.64. The van der Waals surface area contributed by atoms with Gasteiger partial charge in [-0.3, -0.25) is 0 Å². The molecule has 0 fully saturated rings. The van der Waals surface area contributed by atoms with Gasteiger partial charge < -0.3 is 0 Å². The van der Waals surface area contributed by atoms with Crippen LogP contribution < -0.4 is 26.5 Å². The Labute approximate surface area is 66.4 Å². The second kappa shape index (κ2) is 4.22. The van der Waals surface area contributed by atoms with Crippen molar-refractivity contribution in [1.29, 1.82) is 0 Å². The van der Waals surface area contributed by atoms with Crippen LogP contribution >= 0.6 is 0 Å². The molecule has 1 unspecified atom stereocenters. The van der Waals surface area contributed by atoms with Crippen LogP contribution in [-0.4, -0.2) is 21.4 Å². The third kappa shape index (κ3) is 2.62. The van der Waals surface area contributed by atoms with E-state index in [1.807, 2.05) is 0 Å². The Morgan fingerprint density at radius 1 is 1.89 bits per heavy atom. The average molecular weight is 239 g/mol. The van der Waals surface area contributed by atoms with Gasteiger partial charge in [-0.2, -0.15) is 0 Å². The first-order valence-electron chi connectivity index (χ1n) is 3.26. The van der Waals surface area contributed by atoms with E-state index in [-0.39, 0.29) is 0 Å². The zero-order chi connectivity index (χ0) is 6.53. The maximum absolute atomic E-state index is 4.33. The Morgan fingerprint density at radius 3 is 3.33 bits per heavy atom. The molecule has 1 heterocycles. The third-order valence-electron chi connectivity index (χ3n) is 1.12. The zero-order valence-corrected chi connectivity index (χ0v) is 7.76. The van der Waals surface area contributed by atoms with Gasteiger partial charge in [-0.05, 0) is 0 Å². The Bertz CT molecular complexity index is 103. The Morgan fingerprint density at radius 2 is 2.78 bits per heavy atom. The number of hydrogen-bond donors (Lipinski definition) is 1. The van der Waals surface area contributed by atoms with E-state index in [2.05, 4.69) is 23.4 Å². The quantitative estimate of drug-likeness (QED) is 0.320. The Balaban J connectivity index is 2.23. The molecule has 54 valence electrons. The van der Waals surface area contributed by atoms with Gasteiger partial charge in [-0.15, -0.1) is 0 Å². The minimum atomic E-state index is 0.298. The molecule has 1 atom stereocenters. The molecule has 0 radical (unpaired) electrons. The number of nitrogens with zero attached hydrogens (tertiary/aromatic N) is 1. The topological polar surface area (TPSA) is 24.4 Å². The van der Waals surface area contributed by atoms with Crippen LogP contribution in [0.25, 0.3) is 0 Å². The molecule has 0 spiro atoms. The van der Waals surface area contributed by atoms with Crippen molar-refractivity contribution in [2.45, 2.75) is 17.5 Å². The Kier molecular flexibility index (Phi) is 3.50. The van der Waals surface area contributed by atoms with Crippen molar-refractivity contribution in [3.63, 3.8) is 0 Å². The van der Waals surface area contributed by atoms with Gasteiger partial charge in [0.05, 0.1) is 0 Å². The molecule has 2 nitrogen and oxygen atoms in total. The van der Waals surface area contributed by atoms with Gasteiger partial charge in [0.25, 0.3) is 0 Å². The number of hydrogen-bond acceptors (Lipinski definition) is 2. The van der Waals surface area contributed by atoms with Gasteiger partial charge in [0, 0.05) is 0 Å². The molecule has 0 aromatic rings. The fraction of sp³-hybridized carbons (Fsp3) is 0.833. The molecule has 1 rings (SSSR count). The number of halogens is 1. The van der Waals surface area contributed by atoms with Crippen molar-refractivity contribution in [3.05, 3.63) is 0 Å². The summed E-state index contributed by atoms with van der Waals surface area (Å²) < 4.78 is 1.86. The van der Waals surface area contributed by atoms with Crippen molar-refractivity contribution in [2.75, 3.05) is 11.0 Å². The number of nitrogens with one attached hydrogen (secondary N) is 1. The van der Waals surface area contributed by atoms with Crippen LogP contribution in [0.4, 0.5) is 0 Å². The van der Waals surface area contributed by atoms with Crippen molar-refractivity contribution in [2.24, 2.45) is 4.99 Å². The van der Waals surface area contributed by atoms with E-state index in [0.717, 1.165) is 13.0 Å². The maximum atomic E-state index is 4.33. The standard InChI is InChI=1S/C6H12IN2/c1-2-7-6-8-4-3-5-9-6/h4,6,9H,2-3,5H2,1H3/q-1. The predicted octanol–water partition coefficient (Wildman–Crippen LogP) is -2.56. The summed E-state index contributed by atoms with van der Waals surface area (Å²) in [7, 11) is 0. The third-order valence-corrected chi connectivity index (χ3v) is 3.60. The summed E-state index contributed by atoms with van der Waals surface area (Å²) in [5.41, 5.74) is 0. The van der Waals surface area contributed by atoms with Crippen LogP contribution in [0, 0.1) is 0 Å². The van der Waals surface area contributed by atoms with E-state index in [1.54, 1.807) is 0 Å². The molecule has 0 amide bonds. The summed E-state index contributed by atoms with van der Waals surface area (Å²) >= 11 is 0.298. The molecule has 1 aliphatic heterocycles. The summed E-state index contributed by atoms with van der Waals surface area (Å²) in [6.45, 7) is 3.37. The van der Waals surface area contributed by atoms with Gasteiger partial charge in [0.2, 0.25) is 0 Å². The first kappa shape index (κ1) is 7.47. The molecule has 1 aliphatic rings. The average Bonchev–Trinajstić information content (AvgIpc) is 1.91. The summed E-state index contributed by atoms with van der Waals surface area (Å²) in [5, 5.41) is 3.37. The molecule has 1 N–H and O–H groups in total. The van der Waals surface area contributed by atoms with Crippen LogP contribution in [0.5, 0.6) is 0 Å². The van der Waals surface area contributed by atoms with Crippen molar-refractivity contribution in [1.82, 2.24) is 5.32 Å². The van der Waals surface area contributed by atoms with E-state index in [4.69, 9.17) is 0 Å². The van der Waals surface area contributed by atoms with E-state index < -0.39 is 0 Å². The van der Waals surface area contributed by atoms with Crippen LogP contribution in [0.15, 0.2) is 4.99 Å². The van der Waals surface area contributed by atoms with Crippen LogP contribution in [0.3, 0.4) is 0 Å². The van der Waals surface area contributed by atoms with Gasteiger partial charge in [0.15, 0.2) is 0 Å². The van der Waals surface area contributed by atoms with Crippen LogP contribution in [0.2, 0.25) is 0 Å². The van der Waals surface area contributed by atoms with Gasteiger partial charge in [-0.1, -0.05) is 0 Å². The second-order valence-corrected chi connectivity index (χ2v) is 5.42. The molecule has 0 bridgehead atoms. The molecule has 3 heteroatoms. The second-order valence-electron chi connectivity index (χ2n) is 1.83. The van der Waals surface area contributed by atoms with Crippen molar-refractivity contribution >= 4 is 6.21 Å². The van der Waals surface area contributed by atoms with Gasteiger partial charge >= 0.3 is 66.2 Å². The van der Waals surface area contributed by atoms with Crippen LogP contribution in [-0.2, 0) is 0 Å². The molecule has 0 saturated heterocycles. The first-order valence-corrected chi connectivity index (χ1v) is 6.03. The SMILES string of the molecule is CC[I-]C1N=CCCN1. The number of aliphatic imine (C=N–C) groups is 1. The molecular weight excluding hydrogens is 227 g/mol. The monoisotopic (exact) mass is 239 g/mol. The minimum absolute atomic E-state index is 0.298. The van der Waals surface area contributed by atoms with E-state index in [9.17, 15) is 0 Å². The molecule has 0 aliphatic carbocycles. The first-order chi connectivity index (χ1) is 4.43. The molecule has 0 aromatic carbocycles. The fourth-order valence-electron chi connectivity index (χ4n) is 0.727. The number of alkyl halides is 2. The summed E-state index contributed by atoms with van der Waals surface area (Å²) in [4.78, 5) is 4.33. The summed E-state index contributed by atoms with van der Waals surface area (Å²) in [6, 6.07) is 0. The van der Waals surface area contributed by atoms with E-state index in [1.165, 1.54) is 4.43 Å². The molecule has 0 saturated carbocycles. The Hall–Kier alpha value is 0.360. The van der Waals surface area contributed by atoms with Crippen molar-refractivity contribution < 1.29 is 21.2 Å². The molecule has 0 aromatic heterocycles. The van der Waals surface area contributed by atoms with Crippen LogP contribution in [0.1, 0.15) is 13.3 Å². The molecule has 9 heavy (non-hydrogen) atoms. The summed E-state index contributed by atoms with van der Waals surface area (Å²) in [6.07, 6.45) is 3.17. The number of rotatable bonds is 2. The normalized spacial score (nSPS) is 27.0.